The van der Waals surface area contributed by atoms with Crippen LogP contribution < -0.4 is 0 Å². The van der Waals surface area contributed by atoms with Gasteiger partial charge in [0.2, 0.25) is 0 Å². The first-order valence-corrected chi connectivity index (χ1v) is 5.19. The molecule has 0 aromatic carbocycles. The van der Waals surface area contributed by atoms with Crippen molar-refractivity contribution < 1.29 is 0 Å². The monoisotopic (exact) mass is 219 g/mol. The summed E-state index contributed by atoms with van der Waals surface area (Å²) >= 11 is 11.3. The Hall–Kier alpha value is -0.400. The molecular formula is C10H15Cl2N. The zero-order chi connectivity index (χ0) is 10.1. The molecule has 0 aliphatic heterocycles. The molecule has 0 rings (SSSR count). The lowest BCUT2D eigenvalue weighted by Crippen LogP contribution is -2.26. The van der Waals surface area contributed by atoms with E-state index in [1.54, 1.807) is 12.2 Å². The molecule has 0 heterocycles. The van der Waals surface area contributed by atoms with Gasteiger partial charge >= 0.3 is 0 Å². The summed E-state index contributed by atoms with van der Waals surface area (Å²) in [5, 5.41) is 0. The Kier molecular flexibility index (Phi) is 7.96. The van der Waals surface area contributed by atoms with E-state index < -0.39 is 0 Å². The molecule has 13 heavy (non-hydrogen) atoms. The summed E-state index contributed by atoms with van der Waals surface area (Å²) < 4.78 is 0. The quantitative estimate of drug-likeness (QED) is 0.471. The molecule has 0 aliphatic rings. The van der Waals surface area contributed by atoms with Gasteiger partial charge < -0.3 is 4.90 Å². The normalized spacial score (nSPS) is 11.1. The second-order valence-electron chi connectivity index (χ2n) is 2.40. The Bertz CT molecular complexity index is 181. The van der Waals surface area contributed by atoms with E-state index in [-0.39, 0.29) is 0 Å². The summed E-state index contributed by atoms with van der Waals surface area (Å²) in [7, 11) is 0. The number of halogens is 2. The third-order valence-electron chi connectivity index (χ3n) is 1.57. The fraction of sp³-hybridized carbons (Fsp3) is 0.400. The zero-order valence-electron chi connectivity index (χ0n) is 7.68. The van der Waals surface area contributed by atoms with Gasteiger partial charge in [-0.15, -0.1) is 23.2 Å². The number of hydrogen-bond acceptors (Lipinski definition) is 1. The fourth-order valence-electron chi connectivity index (χ4n) is 0.997. The van der Waals surface area contributed by atoms with Gasteiger partial charge in [0, 0.05) is 30.5 Å². The van der Waals surface area contributed by atoms with Crippen LogP contribution in [-0.2, 0) is 0 Å². The Morgan fingerprint density at radius 2 is 1.69 bits per heavy atom. The topological polar surface area (TPSA) is 3.24 Å². The van der Waals surface area contributed by atoms with Gasteiger partial charge in [-0.2, -0.15) is 0 Å². The van der Waals surface area contributed by atoms with Gasteiger partial charge in [-0.1, -0.05) is 19.2 Å². The van der Waals surface area contributed by atoms with Gasteiger partial charge in [0.05, 0.1) is 0 Å². The maximum absolute atomic E-state index is 5.66. The van der Waals surface area contributed by atoms with Crippen molar-refractivity contribution >= 4 is 23.2 Å². The minimum atomic E-state index is 0.583. The van der Waals surface area contributed by atoms with Crippen molar-refractivity contribution in [1.82, 2.24) is 4.90 Å². The van der Waals surface area contributed by atoms with E-state index in [0.717, 1.165) is 18.8 Å². The SMILES string of the molecule is C=CC=C(C=C)N(CCCl)CCCl. The highest BCUT2D eigenvalue weighted by atomic mass is 35.5. The molecule has 0 amide bonds. The molecule has 74 valence electrons. The highest BCUT2D eigenvalue weighted by Gasteiger charge is 2.03. The van der Waals surface area contributed by atoms with Crippen molar-refractivity contribution in [3.8, 4) is 0 Å². The molecule has 0 aromatic rings. The minimum Gasteiger partial charge on any atom is -0.369 e. The third kappa shape index (κ3) is 5.02. The second kappa shape index (κ2) is 8.21. The smallest absolute Gasteiger partial charge is 0.0399 e. The molecule has 0 spiro atoms. The molecule has 0 fully saturated rings. The van der Waals surface area contributed by atoms with Gasteiger partial charge in [-0.3, -0.25) is 0 Å². The summed E-state index contributed by atoms with van der Waals surface area (Å²) in [6, 6.07) is 0. The lowest BCUT2D eigenvalue weighted by atomic mass is 10.3. The molecule has 0 atom stereocenters. The Balaban J connectivity index is 4.37. The van der Waals surface area contributed by atoms with Crippen molar-refractivity contribution in [2.24, 2.45) is 0 Å². The van der Waals surface area contributed by atoms with Gasteiger partial charge in [-0.25, -0.2) is 0 Å². The summed E-state index contributed by atoms with van der Waals surface area (Å²) in [5.74, 6) is 1.17. The molecule has 0 radical (unpaired) electrons. The second-order valence-corrected chi connectivity index (χ2v) is 3.15. The molecule has 0 aromatic heterocycles. The van der Waals surface area contributed by atoms with E-state index in [0.29, 0.717) is 11.8 Å². The van der Waals surface area contributed by atoms with Crippen LogP contribution >= 0.6 is 23.2 Å². The van der Waals surface area contributed by atoms with Crippen molar-refractivity contribution in [1.29, 1.82) is 0 Å². The summed E-state index contributed by atoms with van der Waals surface area (Å²) in [6.07, 6.45) is 5.40. The van der Waals surface area contributed by atoms with Crippen LogP contribution in [0.4, 0.5) is 0 Å². The standard InChI is InChI=1S/C10H15Cl2N/c1-3-5-10(4-2)13(8-6-11)9-7-12/h3-5H,1-2,6-9H2. The van der Waals surface area contributed by atoms with Gasteiger partial charge in [-0.05, 0) is 12.2 Å². The Labute approximate surface area is 90.3 Å². The van der Waals surface area contributed by atoms with E-state index in [4.69, 9.17) is 23.2 Å². The van der Waals surface area contributed by atoms with Crippen LogP contribution in [0.2, 0.25) is 0 Å². The van der Waals surface area contributed by atoms with E-state index in [9.17, 15) is 0 Å². The fourth-order valence-corrected chi connectivity index (χ4v) is 1.41. The van der Waals surface area contributed by atoms with Crippen molar-refractivity contribution in [3.05, 3.63) is 37.1 Å². The van der Waals surface area contributed by atoms with E-state index in [1.165, 1.54) is 0 Å². The number of alkyl halides is 2. The molecule has 0 unspecified atom stereocenters. The lowest BCUT2D eigenvalue weighted by molar-refractivity contribution is 0.399. The maximum Gasteiger partial charge on any atom is 0.0399 e. The van der Waals surface area contributed by atoms with E-state index >= 15 is 0 Å². The molecule has 1 nitrogen and oxygen atoms in total. The zero-order valence-corrected chi connectivity index (χ0v) is 9.19. The van der Waals surface area contributed by atoms with Crippen LogP contribution in [0, 0.1) is 0 Å². The van der Waals surface area contributed by atoms with Crippen LogP contribution in [0.5, 0.6) is 0 Å². The number of hydrogen-bond donors (Lipinski definition) is 0. The summed E-state index contributed by atoms with van der Waals surface area (Å²) in [5.41, 5.74) is 1.01. The molecule has 0 bridgehead atoms. The average molecular weight is 220 g/mol. The van der Waals surface area contributed by atoms with Gasteiger partial charge in [0.15, 0.2) is 0 Å². The highest BCUT2D eigenvalue weighted by Crippen LogP contribution is 2.06. The average Bonchev–Trinajstić information content (AvgIpc) is 2.14. The first kappa shape index (κ1) is 12.6. The van der Waals surface area contributed by atoms with Crippen molar-refractivity contribution in [3.63, 3.8) is 0 Å². The number of allylic oxidation sites excluding steroid dienone is 3. The van der Waals surface area contributed by atoms with Crippen molar-refractivity contribution in [2.75, 3.05) is 24.8 Å². The van der Waals surface area contributed by atoms with E-state index in [1.807, 2.05) is 6.08 Å². The van der Waals surface area contributed by atoms with Gasteiger partial charge in [0.25, 0.3) is 0 Å². The number of rotatable bonds is 7. The first-order valence-electron chi connectivity index (χ1n) is 4.12. The van der Waals surface area contributed by atoms with Crippen LogP contribution in [0.15, 0.2) is 37.1 Å². The van der Waals surface area contributed by atoms with Crippen LogP contribution in [-0.4, -0.2) is 29.7 Å². The molecule has 0 N–H and O–H groups in total. The van der Waals surface area contributed by atoms with Crippen LogP contribution in [0.1, 0.15) is 0 Å². The third-order valence-corrected chi connectivity index (χ3v) is 1.91. The first-order chi connectivity index (χ1) is 6.29. The molecular weight excluding hydrogens is 205 g/mol. The number of nitrogens with zero attached hydrogens (tertiary/aromatic N) is 1. The lowest BCUT2D eigenvalue weighted by Gasteiger charge is -2.23. The van der Waals surface area contributed by atoms with Gasteiger partial charge in [0.1, 0.15) is 0 Å². The van der Waals surface area contributed by atoms with Crippen LogP contribution in [0.3, 0.4) is 0 Å². The molecule has 0 aliphatic carbocycles. The van der Waals surface area contributed by atoms with Crippen LogP contribution in [0.25, 0.3) is 0 Å². The summed E-state index contributed by atoms with van der Waals surface area (Å²) in [4.78, 5) is 2.08. The minimum absolute atomic E-state index is 0.583. The predicted octanol–water partition coefficient (Wildman–Crippen LogP) is 3.02. The molecule has 3 heteroatoms. The Morgan fingerprint density at radius 1 is 1.15 bits per heavy atom. The maximum atomic E-state index is 5.66. The Morgan fingerprint density at radius 3 is 2.00 bits per heavy atom. The largest absolute Gasteiger partial charge is 0.369 e. The molecule has 0 saturated carbocycles. The summed E-state index contributed by atoms with van der Waals surface area (Å²) in [6.45, 7) is 8.91. The highest BCUT2D eigenvalue weighted by molar-refractivity contribution is 6.18. The molecule has 0 saturated heterocycles. The predicted molar refractivity (Wildman–Crippen MR) is 61.5 cm³/mol. The van der Waals surface area contributed by atoms with E-state index in [2.05, 4.69) is 18.1 Å². The van der Waals surface area contributed by atoms with Crippen molar-refractivity contribution in [2.45, 2.75) is 0 Å².